The Labute approximate surface area is 119 Å². The topological polar surface area (TPSA) is 49.4 Å². The van der Waals surface area contributed by atoms with E-state index in [-0.39, 0.29) is 11.8 Å². The Morgan fingerprint density at radius 2 is 2.05 bits per heavy atom. The predicted molar refractivity (Wildman–Crippen MR) is 78.1 cm³/mol. The lowest BCUT2D eigenvalue weighted by Gasteiger charge is -2.33. The van der Waals surface area contributed by atoms with E-state index in [9.17, 15) is 9.59 Å². The molecule has 1 unspecified atom stereocenters. The van der Waals surface area contributed by atoms with Crippen molar-refractivity contribution in [3.8, 4) is 0 Å². The molecule has 1 heterocycles. The molecule has 1 aliphatic carbocycles. The number of nitrogens with one attached hydrogen (secondary N) is 1. The van der Waals surface area contributed by atoms with Crippen LogP contribution in [0.4, 0.5) is 0 Å². The molecule has 0 bridgehead atoms. The quantitative estimate of drug-likeness (QED) is 0.854. The van der Waals surface area contributed by atoms with Gasteiger partial charge < -0.3 is 10.2 Å². The van der Waals surface area contributed by atoms with Crippen LogP contribution in [-0.4, -0.2) is 47.4 Å². The van der Waals surface area contributed by atoms with Gasteiger partial charge in [0.25, 0.3) is 0 Å². The Morgan fingerprint density at radius 3 is 2.68 bits per heavy atom. The molecule has 1 N–H and O–H groups in total. The van der Waals surface area contributed by atoms with Crippen LogP contribution in [0.25, 0.3) is 0 Å². The van der Waals surface area contributed by atoms with E-state index in [1.54, 1.807) is 0 Å². The third-order valence-electron chi connectivity index (χ3n) is 4.12. The fraction of sp³-hybridized carbons (Fsp3) is 0.857. The SMILES string of the molecule is CSCC(C)CN1CCC(=O)NC2(CCCC2)C1=O. The van der Waals surface area contributed by atoms with Gasteiger partial charge in [0.1, 0.15) is 5.54 Å². The monoisotopic (exact) mass is 284 g/mol. The maximum atomic E-state index is 12.8. The summed E-state index contributed by atoms with van der Waals surface area (Å²) in [7, 11) is 0. The molecule has 0 radical (unpaired) electrons. The van der Waals surface area contributed by atoms with Crippen LogP contribution in [0.3, 0.4) is 0 Å². The number of nitrogens with zero attached hydrogens (tertiary/aromatic N) is 1. The number of amides is 2. The normalized spacial score (nSPS) is 24.4. The Hall–Kier alpha value is -0.710. The van der Waals surface area contributed by atoms with E-state index in [4.69, 9.17) is 0 Å². The summed E-state index contributed by atoms with van der Waals surface area (Å²) >= 11 is 1.81. The van der Waals surface area contributed by atoms with Crippen molar-refractivity contribution in [1.82, 2.24) is 10.2 Å². The highest BCUT2D eigenvalue weighted by Gasteiger charge is 2.46. The van der Waals surface area contributed by atoms with Gasteiger partial charge in [0, 0.05) is 19.5 Å². The predicted octanol–water partition coefficient (Wildman–Crippen LogP) is 1.65. The Bertz CT molecular complexity index is 353. The van der Waals surface area contributed by atoms with Crippen molar-refractivity contribution in [2.75, 3.05) is 25.1 Å². The second-order valence-corrected chi connectivity index (χ2v) is 6.81. The van der Waals surface area contributed by atoms with Gasteiger partial charge in [0.2, 0.25) is 11.8 Å². The van der Waals surface area contributed by atoms with Crippen molar-refractivity contribution >= 4 is 23.6 Å². The van der Waals surface area contributed by atoms with Gasteiger partial charge in [-0.05, 0) is 30.8 Å². The van der Waals surface area contributed by atoms with Crippen LogP contribution in [-0.2, 0) is 9.59 Å². The summed E-state index contributed by atoms with van der Waals surface area (Å²) < 4.78 is 0. The summed E-state index contributed by atoms with van der Waals surface area (Å²) in [4.78, 5) is 26.5. The average molecular weight is 284 g/mol. The van der Waals surface area contributed by atoms with E-state index in [1.807, 2.05) is 16.7 Å². The first-order valence-electron chi connectivity index (χ1n) is 7.17. The van der Waals surface area contributed by atoms with Gasteiger partial charge in [0.15, 0.2) is 0 Å². The lowest BCUT2D eigenvalue weighted by Crippen LogP contribution is -2.55. The summed E-state index contributed by atoms with van der Waals surface area (Å²) in [5, 5.41) is 3.00. The number of hydrogen-bond acceptors (Lipinski definition) is 3. The van der Waals surface area contributed by atoms with E-state index in [1.165, 1.54) is 0 Å². The maximum Gasteiger partial charge on any atom is 0.248 e. The van der Waals surface area contributed by atoms with Crippen LogP contribution in [0.2, 0.25) is 0 Å². The Kier molecular flexibility index (Phi) is 4.76. The molecule has 2 aliphatic rings. The van der Waals surface area contributed by atoms with Gasteiger partial charge >= 0.3 is 0 Å². The number of hydrogen-bond donors (Lipinski definition) is 1. The molecular weight excluding hydrogens is 260 g/mol. The van der Waals surface area contributed by atoms with Crippen LogP contribution in [0.15, 0.2) is 0 Å². The molecule has 1 spiro atoms. The molecule has 2 fully saturated rings. The molecule has 0 aromatic heterocycles. The number of thioether (sulfide) groups is 1. The summed E-state index contributed by atoms with van der Waals surface area (Å²) in [6.07, 6.45) is 6.24. The van der Waals surface area contributed by atoms with Crippen LogP contribution in [0.1, 0.15) is 39.0 Å². The minimum absolute atomic E-state index is 0.0373. The largest absolute Gasteiger partial charge is 0.342 e. The van der Waals surface area contributed by atoms with Crippen molar-refractivity contribution in [1.29, 1.82) is 0 Å². The lowest BCUT2D eigenvalue weighted by atomic mass is 9.95. The molecular formula is C14H24N2O2S. The molecule has 0 aromatic rings. The maximum absolute atomic E-state index is 12.8. The molecule has 4 nitrogen and oxygen atoms in total. The Balaban J connectivity index is 2.10. The summed E-state index contributed by atoms with van der Waals surface area (Å²) in [6, 6.07) is 0. The first kappa shape index (κ1) is 14.7. The van der Waals surface area contributed by atoms with Crippen molar-refractivity contribution < 1.29 is 9.59 Å². The van der Waals surface area contributed by atoms with Crippen LogP contribution in [0.5, 0.6) is 0 Å². The first-order valence-corrected chi connectivity index (χ1v) is 8.56. The third kappa shape index (κ3) is 3.25. The number of carbonyl (C=O) groups is 2. The molecule has 2 rings (SSSR count). The van der Waals surface area contributed by atoms with Gasteiger partial charge in [-0.1, -0.05) is 19.8 Å². The molecule has 1 atom stereocenters. The van der Waals surface area contributed by atoms with Gasteiger partial charge in [-0.25, -0.2) is 0 Å². The van der Waals surface area contributed by atoms with Crippen molar-refractivity contribution in [3.63, 3.8) is 0 Å². The lowest BCUT2D eigenvalue weighted by molar-refractivity contribution is -0.139. The fourth-order valence-electron chi connectivity index (χ4n) is 3.23. The second kappa shape index (κ2) is 6.16. The van der Waals surface area contributed by atoms with Crippen LogP contribution < -0.4 is 5.32 Å². The van der Waals surface area contributed by atoms with Gasteiger partial charge in [0.05, 0.1) is 0 Å². The smallest absolute Gasteiger partial charge is 0.248 e. The number of carbonyl (C=O) groups excluding carboxylic acids is 2. The number of rotatable bonds is 4. The minimum atomic E-state index is -0.577. The zero-order valence-electron chi connectivity index (χ0n) is 11.9. The molecule has 1 saturated heterocycles. The van der Waals surface area contributed by atoms with Gasteiger partial charge in [-0.3, -0.25) is 9.59 Å². The van der Waals surface area contributed by atoms with Gasteiger partial charge in [-0.15, -0.1) is 0 Å². The highest BCUT2D eigenvalue weighted by Crippen LogP contribution is 2.33. The highest BCUT2D eigenvalue weighted by molar-refractivity contribution is 7.98. The highest BCUT2D eigenvalue weighted by atomic mass is 32.2. The van der Waals surface area contributed by atoms with Gasteiger partial charge in [-0.2, -0.15) is 11.8 Å². The third-order valence-corrected chi connectivity index (χ3v) is 5.03. The van der Waals surface area contributed by atoms with Crippen molar-refractivity contribution in [3.05, 3.63) is 0 Å². The summed E-state index contributed by atoms with van der Waals surface area (Å²) in [5.74, 6) is 1.72. The average Bonchev–Trinajstić information content (AvgIpc) is 2.79. The molecule has 5 heteroatoms. The molecule has 1 saturated carbocycles. The summed E-state index contributed by atoms with van der Waals surface area (Å²) in [6.45, 7) is 3.52. The first-order chi connectivity index (χ1) is 9.07. The fourth-order valence-corrected chi connectivity index (χ4v) is 3.90. The van der Waals surface area contributed by atoms with Crippen LogP contribution >= 0.6 is 11.8 Å². The van der Waals surface area contributed by atoms with E-state index in [0.717, 1.165) is 38.0 Å². The van der Waals surface area contributed by atoms with Crippen molar-refractivity contribution in [2.45, 2.75) is 44.6 Å². The second-order valence-electron chi connectivity index (χ2n) is 5.90. The molecule has 0 aromatic carbocycles. The van der Waals surface area contributed by atoms with E-state index >= 15 is 0 Å². The summed E-state index contributed by atoms with van der Waals surface area (Å²) in [5.41, 5.74) is -0.577. The van der Waals surface area contributed by atoms with E-state index in [2.05, 4.69) is 18.5 Å². The molecule has 108 valence electrons. The minimum Gasteiger partial charge on any atom is -0.342 e. The zero-order chi connectivity index (χ0) is 13.9. The molecule has 2 amide bonds. The van der Waals surface area contributed by atoms with Crippen molar-refractivity contribution in [2.24, 2.45) is 5.92 Å². The molecule has 1 aliphatic heterocycles. The van der Waals surface area contributed by atoms with E-state index < -0.39 is 5.54 Å². The standard InChI is InChI=1S/C14H24N2O2S/c1-11(10-19-2)9-16-8-5-12(17)15-14(13(16)18)6-3-4-7-14/h11H,3-10H2,1-2H3,(H,15,17). The molecule has 19 heavy (non-hydrogen) atoms. The zero-order valence-corrected chi connectivity index (χ0v) is 12.7. The van der Waals surface area contributed by atoms with E-state index in [0.29, 0.717) is 18.9 Å². The van der Waals surface area contributed by atoms with Crippen LogP contribution in [0, 0.1) is 5.92 Å². The Morgan fingerprint density at radius 1 is 1.37 bits per heavy atom.